The van der Waals surface area contributed by atoms with Gasteiger partial charge in [0.2, 0.25) is 11.2 Å². The van der Waals surface area contributed by atoms with Crippen molar-refractivity contribution in [3.63, 3.8) is 0 Å². The summed E-state index contributed by atoms with van der Waals surface area (Å²) in [5.74, 6) is 0.0237. The van der Waals surface area contributed by atoms with Gasteiger partial charge in [-0.1, -0.05) is 34.8 Å². The lowest BCUT2D eigenvalue weighted by molar-refractivity contribution is 0.449. The quantitative estimate of drug-likeness (QED) is 0.680. The van der Waals surface area contributed by atoms with Gasteiger partial charge in [0.15, 0.2) is 5.75 Å². The van der Waals surface area contributed by atoms with Crippen molar-refractivity contribution in [2.75, 3.05) is 0 Å². The lowest BCUT2D eigenvalue weighted by atomic mass is 10.2. The minimum atomic E-state index is -0.414. The third kappa shape index (κ3) is 2.73. The van der Waals surface area contributed by atoms with Crippen molar-refractivity contribution in [3.8, 4) is 17.2 Å². The molecule has 0 aliphatic heterocycles. The second-order valence-electron chi connectivity index (χ2n) is 4.41. The molecule has 112 valence electrons. The lowest BCUT2D eigenvalue weighted by Gasteiger charge is -2.09. The monoisotopic (exact) mass is 356 g/mol. The molecule has 0 amide bonds. The normalized spacial score (nSPS) is 10.9. The average Bonchev–Trinajstić information content (AvgIpc) is 2.44. The number of phenols is 1. The number of fused-ring (bicyclic) bond motifs is 1. The van der Waals surface area contributed by atoms with Crippen LogP contribution in [0.3, 0.4) is 0 Å². The van der Waals surface area contributed by atoms with Crippen molar-refractivity contribution >= 4 is 45.8 Å². The summed E-state index contributed by atoms with van der Waals surface area (Å²) in [6, 6.07) is 7.05. The van der Waals surface area contributed by atoms with E-state index in [0.29, 0.717) is 5.02 Å². The highest BCUT2D eigenvalue weighted by atomic mass is 35.5. The fourth-order valence-corrected chi connectivity index (χ4v) is 2.80. The number of benzene rings is 2. The van der Waals surface area contributed by atoms with Crippen LogP contribution in [-0.4, -0.2) is 5.11 Å². The maximum atomic E-state index is 12.4. The minimum absolute atomic E-state index is 0.00638. The smallest absolute Gasteiger partial charge is 0.235 e. The number of halogens is 3. The topological polar surface area (TPSA) is 59.7 Å². The van der Waals surface area contributed by atoms with Crippen LogP contribution in [-0.2, 0) is 0 Å². The number of aromatic hydroxyl groups is 1. The Hall–Kier alpha value is -1.88. The summed E-state index contributed by atoms with van der Waals surface area (Å²) in [7, 11) is 0. The molecule has 22 heavy (non-hydrogen) atoms. The van der Waals surface area contributed by atoms with E-state index < -0.39 is 5.43 Å². The summed E-state index contributed by atoms with van der Waals surface area (Å²) >= 11 is 17.9. The second-order valence-corrected chi connectivity index (χ2v) is 5.66. The Bertz CT molecular complexity index is 911. The van der Waals surface area contributed by atoms with Crippen LogP contribution >= 0.6 is 34.8 Å². The first kappa shape index (κ1) is 15.0. The van der Waals surface area contributed by atoms with Crippen LogP contribution in [0.4, 0.5) is 0 Å². The molecule has 3 aromatic rings. The van der Waals surface area contributed by atoms with Crippen molar-refractivity contribution in [2.45, 2.75) is 0 Å². The van der Waals surface area contributed by atoms with Gasteiger partial charge < -0.3 is 14.3 Å². The van der Waals surface area contributed by atoms with Gasteiger partial charge in [-0.2, -0.15) is 0 Å². The largest absolute Gasteiger partial charge is 0.508 e. The molecule has 4 nitrogen and oxygen atoms in total. The van der Waals surface area contributed by atoms with E-state index in [1.54, 1.807) is 0 Å². The summed E-state index contributed by atoms with van der Waals surface area (Å²) in [5.41, 5.74) is -0.172. The molecule has 0 fully saturated rings. The summed E-state index contributed by atoms with van der Waals surface area (Å²) in [4.78, 5) is 12.4. The molecule has 7 heteroatoms. The SMILES string of the molecule is O=c1c(Oc2c(Cl)cc(Cl)cc2Cl)coc2cc(O)ccc12. The molecule has 0 bridgehead atoms. The van der Waals surface area contributed by atoms with Crippen molar-refractivity contribution in [2.24, 2.45) is 0 Å². The van der Waals surface area contributed by atoms with Crippen LogP contribution in [0.25, 0.3) is 11.0 Å². The molecule has 0 aliphatic rings. The molecule has 1 N–H and O–H groups in total. The average molecular weight is 358 g/mol. The second kappa shape index (κ2) is 5.72. The first-order valence-electron chi connectivity index (χ1n) is 6.02. The number of ether oxygens (including phenoxy) is 1. The maximum Gasteiger partial charge on any atom is 0.235 e. The number of rotatable bonds is 2. The maximum absolute atomic E-state index is 12.4. The van der Waals surface area contributed by atoms with Crippen molar-refractivity contribution < 1.29 is 14.3 Å². The third-order valence-corrected chi connectivity index (χ3v) is 3.68. The Morgan fingerprint density at radius 2 is 1.73 bits per heavy atom. The Balaban J connectivity index is 2.11. The first-order valence-corrected chi connectivity index (χ1v) is 7.16. The Labute approximate surface area is 139 Å². The fourth-order valence-electron chi connectivity index (χ4n) is 1.91. The number of phenolic OH excluding ortho intramolecular Hbond substituents is 1. The highest BCUT2D eigenvalue weighted by Gasteiger charge is 2.14. The molecule has 0 radical (unpaired) electrons. The van der Waals surface area contributed by atoms with E-state index in [2.05, 4.69) is 0 Å². The van der Waals surface area contributed by atoms with Crippen molar-refractivity contribution in [1.29, 1.82) is 0 Å². The van der Waals surface area contributed by atoms with E-state index in [4.69, 9.17) is 44.0 Å². The van der Waals surface area contributed by atoms with E-state index in [9.17, 15) is 9.90 Å². The van der Waals surface area contributed by atoms with Gasteiger partial charge in [-0.25, -0.2) is 0 Å². The van der Waals surface area contributed by atoms with Crippen LogP contribution in [0.15, 0.2) is 45.8 Å². The molecule has 0 saturated carbocycles. The van der Waals surface area contributed by atoms with Crippen LogP contribution in [0.1, 0.15) is 0 Å². The fraction of sp³-hybridized carbons (Fsp3) is 0. The zero-order valence-corrected chi connectivity index (χ0v) is 13.0. The third-order valence-electron chi connectivity index (χ3n) is 2.90. The van der Waals surface area contributed by atoms with Gasteiger partial charge in [0.05, 0.1) is 15.4 Å². The molecular formula is C15H7Cl3O4. The summed E-state index contributed by atoms with van der Waals surface area (Å²) < 4.78 is 10.8. The molecule has 2 aromatic carbocycles. The Kier molecular flexibility index (Phi) is 3.91. The van der Waals surface area contributed by atoms with Crippen molar-refractivity contribution in [1.82, 2.24) is 0 Å². The lowest BCUT2D eigenvalue weighted by Crippen LogP contribution is -2.05. The first-order chi connectivity index (χ1) is 10.5. The van der Waals surface area contributed by atoms with Gasteiger partial charge in [0.25, 0.3) is 0 Å². The zero-order chi connectivity index (χ0) is 15.9. The molecule has 0 atom stereocenters. The predicted molar refractivity (Wildman–Crippen MR) is 85.7 cm³/mol. The predicted octanol–water partition coefficient (Wildman–Crippen LogP) is 5.25. The summed E-state index contributed by atoms with van der Waals surface area (Å²) in [6.07, 6.45) is 1.13. The Morgan fingerprint density at radius 3 is 2.41 bits per heavy atom. The molecule has 1 aromatic heterocycles. The summed E-state index contributed by atoms with van der Waals surface area (Å²) in [6.45, 7) is 0. The minimum Gasteiger partial charge on any atom is -0.508 e. The number of hydrogen-bond acceptors (Lipinski definition) is 4. The molecule has 0 spiro atoms. The molecule has 0 saturated heterocycles. The van der Waals surface area contributed by atoms with Gasteiger partial charge >= 0.3 is 0 Å². The van der Waals surface area contributed by atoms with E-state index in [1.165, 1.54) is 30.3 Å². The molecule has 0 unspecified atom stereocenters. The Morgan fingerprint density at radius 1 is 1.05 bits per heavy atom. The van der Waals surface area contributed by atoms with E-state index in [-0.39, 0.29) is 38.3 Å². The van der Waals surface area contributed by atoms with Crippen LogP contribution < -0.4 is 10.2 Å². The van der Waals surface area contributed by atoms with Gasteiger partial charge in [-0.05, 0) is 24.3 Å². The van der Waals surface area contributed by atoms with Crippen molar-refractivity contribution in [3.05, 3.63) is 61.9 Å². The molecule has 0 aliphatic carbocycles. The summed E-state index contributed by atoms with van der Waals surface area (Å²) in [5, 5.41) is 10.3. The van der Waals surface area contributed by atoms with Gasteiger partial charge in [0.1, 0.15) is 17.6 Å². The molecule has 1 heterocycles. The van der Waals surface area contributed by atoms with Gasteiger partial charge in [0, 0.05) is 11.1 Å². The zero-order valence-electron chi connectivity index (χ0n) is 10.8. The standard InChI is InChI=1S/C15H7Cl3O4/c16-7-3-10(17)15(11(18)4-7)22-13-6-21-12-5-8(19)1-2-9(12)14(13)20/h1-6,19H. The van der Waals surface area contributed by atoms with Crippen LogP contribution in [0, 0.1) is 0 Å². The number of hydrogen-bond donors (Lipinski definition) is 1. The highest BCUT2D eigenvalue weighted by Crippen LogP contribution is 2.38. The van der Waals surface area contributed by atoms with Crippen LogP contribution in [0.5, 0.6) is 17.2 Å². The van der Waals surface area contributed by atoms with Crippen LogP contribution in [0.2, 0.25) is 15.1 Å². The van der Waals surface area contributed by atoms with Gasteiger partial charge in [-0.3, -0.25) is 4.79 Å². The highest BCUT2D eigenvalue weighted by molar-refractivity contribution is 6.40. The molecular weight excluding hydrogens is 351 g/mol. The van der Waals surface area contributed by atoms with Gasteiger partial charge in [-0.15, -0.1) is 0 Å². The van der Waals surface area contributed by atoms with E-state index in [1.807, 2.05) is 0 Å². The molecule has 3 rings (SSSR count). The van der Waals surface area contributed by atoms with E-state index >= 15 is 0 Å². The van der Waals surface area contributed by atoms with E-state index in [0.717, 1.165) is 6.26 Å².